The Morgan fingerprint density at radius 1 is 1.29 bits per heavy atom. The van der Waals surface area contributed by atoms with Crippen LogP contribution in [0.1, 0.15) is 38.2 Å². The van der Waals surface area contributed by atoms with Gasteiger partial charge in [-0.15, -0.1) is 0 Å². The van der Waals surface area contributed by atoms with Gasteiger partial charge in [-0.05, 0) is 24.8 Å². The van der Waals surface area contributed by atoms with Crippen molar-refractivity contribution in [2.75, 3.05) is 7.11 Å². The molecule has 0 radical (unpaired) electrons. The second-order valence-electron chi connectivity index (χ2n) is 5.16. The molecule has 1 aromatic carbocycles. The van der Waals surface area contributed by atoms with Crippen LogP contribution in [0.3, 0.4) is 0 Å². The highest BCUT2D eigenvalue weighted by Gasteiger charge is 2.18. The van der Waals surface area contributed by atoms with Crippen LogP contribution in [0.5, 0.6) is 5.75 Å². The van der Waals surface area contributed by atoms with Gasteiger partial charge in [-0.1, -0.05) is 38.0 Å². The molecule has 1 saturated carbocycles. The van der Waals surface area contributed by atoms with Gasteiger partial charge in [-0.2, -0.15) is 0 Å². The number of ether oxygens (including phenoxy) is 1. The molecule has 2 atom stereocenters. The van der Waals surface area contributed by atoms with E-state index in [-0.39, 0.29) is 0 Å². The zero-order valence-electron chi connectivity index (χ0n) is 10.9. The quantitative estimate of drug-likeness (QED) is 0.861. The molecule has 0 aromatic heterocycles. The zero-order chi connectivity index (χ0) is 12.1. The molecule has 1 fully saturated rings. The van der Waals surface area contributed by atoms with Crippen LogP contribution in [-0.4, -0.2) is 13.2 Å². The number of para-hydroxylation sites is 1. The number of hydrogen-bond acceptors (Lipinski definition) is 2. The van der Waals surface area contributed by atoms with Gasteiger partial charge in [0.05, 0.1) is 7.11 Å². The second-order valence-corrected chi connectivity index (χ2v) is 5.16. The average molecular weight is 233 g/mol. The summed E-state index contributed by atoms with van der Waals surface area (Å²) in [5, 5.41) is 3.66. The van der Waals surface area contributed by atoms with E-state index in [2.05, 4.69) is 24.4 Å². The fraction of sp³-hybridized carbons (Fsp3) is 0.600. The smallest absolute Gasteiger partial charge is 0.123 e. The van der Waals surface area contributed by atoms with E-state index in [4.69, 9.17) is 4.74 Å². The molecule has 1 aliphatic rings. The summed E-state index contributed by atoms with van der Waals surface area (Å²) >= 11 is 0. The summed E-state index contributed by atoms with van der Waals surface area (Å²) in [6.45, 7) is 3.28. The van der Waals surface area contributed by atoms with E-state index < -0.39 is 0 Å². The van der Waals surface area contributed by atoms with Crippen molar-refractivity contribution in [1.82, 2.24) is 5.32 Å². The molecule has 0 saturated heterocycles. The van der Waals surface area contributed by atoms with Crippen molar-refractivity contribution < 1.29 is 4.74 Å². The van der Waals surface area contributed by atoms with Crippen molar-refractivity contribution in [3.63, 3.8) is 0 Å². The number of rotatable bonds is 4. The SMILES string of the molecule is COc1ccccc1CN[C@H]1CCC[C@H](C)C1. The van der Waals surface area contributed by atoms with Gasteiger partial charge < -0.3 is 10.1 Å². The standard InChI is InChI=1S/C15H23NO/c1-12-6-5-8-14(10-12)16-11-13-7-3-4-9-15(13)17-2/h3-4,7,9,12,14,16H,5-6,8,10-11H2,1-2H3/t12-,14-/m0/s1. The van der Waals surface area contributed by atoms with Gasteiger partial charge in [-0.25, -0.2) is 0 Å². The third kappa shape index (κ3) is 3.47. The summed E-state index contributed by atoms with van der Waals surface area (Å²) in [7, 11) is 1.74. The largest absolute Gasteiger partial charge is 0.496 e. The van der Waals surface area contributed by atoms with Crippen LogP contribution in [0.2, 0.25) is 0 Å². The number of benzene rings is 1. The van der Waals surface area contributed by atoms with E-state index >= 15 is 0 Å². The minimum Gasteiger partial charge on any atom is -0.496 e. The molecule has 17 heavy (non-hydrogen) atoms. The molecule has 2 rings (SSSR count). The van der Waals surface area contributed by atoms with Gasteiger partial charge in [0.25, 0.3) is 0 Å². The Morgan fingerprint density at radius 3 is 2.88 bits per heavy atom. The average Bonchev–Trinajstić information content (AvgIpc) is 2.37. The molecule has 2 heteroatoms. The van der Waals surface area contributed by atoms with Crippen molar-refractivity contribution in [2.24, 2.45) is 5.92 Å². The van der Waals surface area contributed by atoms with Crippen LogP contribution in [-0.2, 0) is 6.54 Å². The molecule has 0 bridgehead atoms. The number of methoxy groups -OCH3 is 1. The van der Waals surface area contributed by atoms with Crippen molar-refractivity contribution in [1.29, 1.82) is 0 Å². The Bertz CT molecular complexity index is 351. The van der Waals surface area contributed by atoms with Crippen LogP contribution in [0.15, 0.2) is 24.3 Å². The maximum atomic E-state index is 5.37. The first-order valence-corrected chi connectivity index (χ1v) is 6.65. The summed E-state index contributed by atoms with van der Waals surface area (Å²) in [4.78, 5) is 0. The molecule has 0 unspecified atom stereocenters. The molecular weight excluding hydrogens is 210 g/mol. The summed E-state index contributed by atoms with van der Waals surface area (Å²) in [5.41, 5.74) is 1.26. The Labute approximate surface area is 104 Å². The lowest BCUT2D eigenvalue weighted by Crippen LogP contribution is -2.33. The minimum absolute atomic E-state index is 0.684. The van der Waals surface area contributed by atoms with Crippen LogP contribution >= 0.6 is 0 Å². The van der Waals surface area contributed by atoms with Gasteiger partial charge in [-0.3, -0.25) is 0 Å². The van der Waals surface area contributed by atoms with Crippen molar-refractivity contribution in [3.8, 4) is 5.75 Å². The van der Waals surface area contributed by atoms with Crippen LogP contribution < -0.4 is 10.1 Å². The topological polar surface area (TPSA) is 21.3 Å². The van der Waals surface area contributed by atoms with E-state index in [0.29, 0.717) is 6.04 Å². The Balaban J connectivity index is 1.88. The van der Waals surface area contributed by atoms with Gasteiger partial charge in [0, 0.05) is 18.2 Å². The van der Waals surface area contributed by atoms with E-state index in [1.54, 1.807) is 7.11 Å². The first kappa shape index (κ1) is 12.4. The molecule has 0 heterocycles. The van der Waals surface area contributed by atoms with E-state index in [9.17, 15) is 0 Å². The van der Waals surface area contributed by atoms with Crippen molar-refractivity contribution in [2.45, 2.75) is 45.2 Å². The highest BCUT2D eigenvalue weighted by molar-refractivity contribution is 5.33. The Morgan fingerprint density at radius 2 is 2.12 bits per heavy atom. The maximum absolute atomic E-state index is 5.37. The predicted octanol–water partition coefficient (Wildman–Crippen LogP) is 3.36. The van der Waals surface area contributed by atoms with E-state index in [1.807, 2.05) is 12.1 Å². The second kappa shape index (κ2) is 6.06. The molecule has 0 amide bonds. The summed E-state index contributed by atoms with van der Waals surface area (Å²) < 4.78 is 5.37. The zero-order valence-corrected chi connectivity index (χ0v) is 10.9. The van der Waals surface area contributed by atoms with Gasteiger partial charge in [0.2, 0.25) is 0 Å². The van der Waals surface area contributed by atoms with Crippen LogP contribution in [0, 0.1) is 5.92 Å². The van der Waals surface area contributed by atoms with Gasteiger partial charge in [0.15, 0.2) is 0 Å². The van der Waals surface area contributed by atoms with Crippen LogP contribution in [0.4, 0.5) is 0 Å². The maximum Gasteiger partial charge on any atom is 0.123 e. The number of hydrogen-bond donors (Lipinski definition) is 1. The lowest BCUT2D eigenvalue weighted by Gasteiger charge is -2.27. The number of nitrogens with one attached hydrogen (secondary N) is 1. The first-order chi connectivity index (χ1) is 8.29. The molecule has 1 N–H and O–H groups in total. The van der Waals surface area contributed by atoms with Crippen molar-refractivity contribution >= 4 is 0 Å². The Hall–Kier alpha value is -1.02. The fourth-order valence-electron chi connectivity index (χ4n) is 2.72. The molecule has 0 spiro atoms. The molecule has 0 aliphatic heterocycles. The fourth-order valence-corrected chi connectivity index (χ4v) is 2.72. The molecule has 1 aliphatic carbocycles. The third-order valence-electron chi connectivity index (χ3n) is 3.71. The minimum atomic E-state index is 0.684. The highest BCUT2D eigenvalue weighted by atomic mass is 16.5. The lowest BCUT2D eigenvalue weighted by atomic mass is 9.87. The molecule has 1 aromatic rings. The normalized spacial score (nSPS) is 24.6. The highest BCUT2D eigenvalue weighted by Crippen LogP contribution is 2.24. The summed E-state index contributed by atoms with van der Waals surface area (Å²) in [6, 6.07) is 8.94. The molecule has 94 valence electrons. The third-order valence-corrected chi connectivity index (χ3v) is 3.71. The first-order valence-electron chi connectivity index (χ1n) is 6.65. The summed E-state index contributed by atoms with van der Waals surface area (Å²) in [6.07, 6.45) is 5.40. The monoisotopic (exact) mass is 233 g/mol. The Kier molecular flexibility index (Phi) is 4.43. The predicted molar refractivity (Wildman–Crippen MR) is 71.3 cm³/mol. The van der Waals surface area contributed by atoms with E-state index in [1.165, 1.54) is 31.2 Å². The molecular formula is C15H23NO. The van der Waals surface area contributed by atoms with Gasteiger partial charge >= 0.3 is 0 Å². The summed E-state index contributed by atoms with van der Waals surface area (Å²) in [5.74, 6) is 1.86. The van der Waals surface area contributed by atoms with Gasteiger partial charge in [0.1, 0.15) is 5.75 Å². The lowest BCUT2D eigenvalue weighted by molar-refractivity contribution is 0.299. The molecule has 2 nitrogen and oxygen atoms in total. The van der Waals surface area contributed by atoms with Crippen LogP contribution in [0.25, 0.3) is 0 Å². The van der Waals surface area contributed by atoms with Crippen molar-refractivity contribution in [3.05, 3.63) is 29.8 Å². The van der Waals surface area contributed by atoms with E-state index in [0.717, 1.165) is 18.2 Å².